The van der Waals surface area contributed by atoms with E-state index in [1.54, 1.807) is 6.20 Å². The molecular formula is C16H20N2O. The van der Waals surface area contributed by atoms with Gasteiger partial charge in [0.2, 0.25) is 0 Å². The number of hydrogen-bond acceptors (Lipinski definition) is 3. The normalized spacial score (nSPS) is 23.4. The lowest BCUT2D eigenvalue weighted by Crippen LogP contribution is -2.28. The summed E-state index contributed by atoms with van der Waals surface area (Å²) in [5, 5.41) is 0.975. The lowest BCUT2D eigenvalue weighted by atomic mass is 9.88. The molecule has 3 nitrogen and oxygen atoms in total. The van der Waals surface area contributed by atoms with E-state index in [2.05, 4.69) is 11.9 Å². The Hall–Kier alpha value is -1.77. The predicted octanol–water partition coefficient (Wildman–Crippen LogP) is 3.77. The minimum atomic E-state index is 0.308. The van der Waals surface area contributed by atoms with Crippen LogP contribution in [0.5, 0.6) is 5.75 Å². The molecule has 1 heterocycles. The minimum Gasteiger partial charge on any atom is -0.488 e. The number of fused-ring (bicyclic) bond motifs is 1. The van der Waals surface area contributed by atoms with Crippen LogP contribution in [0.15, 0.2) is 30.5 Å². The van der Waals surface area contributed by atoms with E-state index in [4.69, 9.17) is 10.5 Å². The zero-order valence-electron chi connectivity index (χ0n) is 11.3. The number of nitrogens with two attached hydrogens (primary N) is 1. The smallest absolute Gasteiger partial charge is 0.146 e. The van der Waals surface area contributed by atoms with Crippen LogP contribution < -0.4 is 10.5 Å². The van der Waals surface area contributed by atoms with Gasteiger partial charge in [-0.25, -0.2) is 0 Å². The number of pyridine rings is 1. The molecular weight excluding hydrogens is 236 g/mol. The molecule has 0 amide bonds. The first-order valence-electron chi connectivity index (χ1n) is 7.05. The van der Waals surface area contributed by atoms with Crippen molar-refractivity contribution in [2.45, 2.75) is 38.7 Å². The summed E-state index contributed by atoms with van der Waals surface area (Å²) in [4.78, 5) is 4.43. The minimum absolute atomic E-state index is 0.308. The van der Waals surface area contributed by atoms with Crippen molar-refractivity contribution in [1.82, 2.24) is 4.98 Å². The second-order valence-electron chi connectivity index (χ2n) is 5.47. The number of aromatic nitrogens is 1. The van der Waals surface area contributed by atoms with Crippen molar-refractivity contribution in [1.29, 1.82) is 0 Å². The first-order valence-corrected chi connectivity index (χ1v) is 7.05. The molecule has 0 radical (unpaired) electrons. The van der Waals surface area contributed by atoms with Crippen LogP contribution in [0.3, 0.4) is 0 Å². The van der Waals surface area contributed by atoms with Crippen molar-refractivity contribution in [2.75, 3.05) is 5.73 Å². The molecule has 2 N–H and O–H groups in total. The number of hydrogen-bond donors (Lipinski definition) is 1. The Morgan fingerprint density at radius 3 is 2.89 bits per heavy atom. The highest BCUT2D eigenvalue weighted by Crippen LogP contribution is 2.33. The quantitative estimate of drug-likeness (QED) is 0.832. The van der Waals surface area contributed by atoms with Gasteiger partial charge in [-0.2, -0.15) is 0 Å². The van der Waals surface area contributed by atoms with Crippen molar-refractivity contribution in [3.8, 4) is 5.75 Å². The van der Waals surface area contributed by atoms with Crippen LogP contribution in [0.1, 0.15) is 32.6 Å². The van der Waals surface area contributed by atoms with Gasteiger partial charge in [-0.05, 0) is 49.4 Å². The molecule has 3 rings (SSSR count). The lowest BCUT2D eigenvalue weighted by molar-refractivity contribution is 0.104. The van der Waals surface area contributed by atoms with E-state index in [-0.39, 0.29) is 0 Å². The summed E-state index contributed by atoms with van der Waals surface area (Å²) in [6, 6.07) is 7.76. The number of benzene rings is 1. The van der Waals surface area contributed by atoms with Crippen LogP contribution in [0, 0.1) is 5.92 Å². The van der Waals surface area contributed by atoms with Gasteiger partial charge >= 0.3 is 0 Å². The van der Waals surface area contributed by atoms with E-state index in [9.17, 15) is 0 Å². The van der Waals surface area contributed by atoms with E-state index in [1.807, 2.05) is 24.3 Å². The van der Waals surface area contributed by atoms with Gasteiger partial charge in [0.15, 0.2) is 0 Å². The molecule has 1 aromatic carbocycles. The Morgan fingerprint density at radius 2 is 2.05 bits per heavy atom. The molecule has 1 aromatic heterocycles. The Morgan fingerprint density at radius 1 is 1.21 bits per heavy atom. The van der Waals surface area contributed by atoms with Crippen LogP contribution in [0.2, 0.25) is 0 Å². The Kier molecular flexibility index (Phi) is 3.28. The molecule has 100 valence electrons. The maximum absolute atomic E-state index is 6.22. The van der Waals surface area contributed by atoms with Crippen LogP contribution in [-0.4, -0.2) is 11.1 Å². The highest BCUT2D eigenvalue weighted by Gasteiger charge is 2.23. The summed E-state index contributed by atoms with van der Waals surface area (Å²) in [6.45, 7) is 2.27. The van der Waals surface area contributed by atoms with Crippen LogP contribution in [0.4, 0.5) is 5.69 Å². The summed E-state index contributed by atoms with van der Waals surface area (Å²) in [5.74, 6) is 1.48. The maximum Gasteiger partial charge on any atom is 0.146 e. The Bertz CT molecular complexity index is 582. The molecule has 2 unspecified atom stereocenters. The first kappa shape index (κ1) is 12.3. The number of nitrogen functional groups attached to an aromatic ring is 1. The van der Waals surface area contributed by atoms with Crippen molar-refractivity contribution >= 4 is 16.6 Å². The summed E-state index contributed by atoms with van der Waals surface area (Å²) in [5.41, 5.74) is 7.62. The van der Waals surface area contributed by atoms with Gasteiger partial charge < -0.3 is 10.5 Å². The second kappa shape index (κ2) is 5.08. The largest absolute Gasteiger partial charge is 0.488 e. The molecule has 2 atom stereocenters. The van der Waals surface area contributed by atoms with Gasteiger partial charge in [-0.1, -0.05) is 13.3 Å². The first-order chi connectivity index (χ1) is 9.25. The van der Waals surface area contributed by atoms with Gasteiger partial charge in [0.05, 0.1) is 0 Å². The lowest BCUT2D eigenvalue weighted by Gasteiger charge is -2.29. The highest BCUT2D eigenvalue weighted by atomic mass is 16.5. The van der Waals surface area contributed by atoms with Gasteiger partial charge in [0.25, 0.3) is 0 Å². The molecule has 19 heavy (non-hydrogen) atoms. The third-order valence-corrected chi connectivity index (χ3v) is 4.08. The van der Waals surface area contributed by atoms with E-state index in [0.717, 1.165) is 28.8 Å². The number of anilines is 1. The van der Waals surface area contributed by atoms with Gasteiger partial charge in [0.1, 0.15) is 17.4 Å². The number of ether oxygens (including phenoxy) is 1. The fourth-order valence-electron chi connectivity index (χ4n) is 2.88. The molecule has 0 saturated heterocycles. The number of rotatable bonds is 2. The molecule has 2 aromatic rings. The molecule has 0 spiro atoms. The highest BCUT2D eigenvalue weighted by molar-refractivity contribution is 5.94. The van der Waals surface area contributed by atoms with Crippen LogP contribution in [0.25, 0.3) is 10.9 Å². The average Bonchev–Trinajstić information content (AvgIpc) is 2.44. The fourth-order valence-corrected chi connectivity index (χ4v) is 2.88. The maximum atomic E-state index is 6.22. The fraction of sp³-hybridized carbons (Fsp3) is 0.438. The van der Waals surface area contributed by atoms with Crippen LogP contribution in [-0.2, 0) is 0 Å². The standard InChI is InChI=1S/C16H20N2O/c1-11-5-2-3-7-14(11)19-15-9-8-13(17)12-6-4-10-18-16(12)15/h4,6,8-11,14H,2-3,5,7,17H2,1H3. The monoisotopic (exact) mass is 256 g/mol. The van der Waals surface area contributed by atoms with E-state index >= 15 is 0 Å². The van der Waals surface area contributed by atoms with Gasteiger partial charge in [-0.15, -0.1) is 0 Å². The topological polar surface area (TPSA) is 48.1 Å². The third-order valence-electron chi connectivity index (χ3n) is 4.08. The second-order valence-corrected chi connectivity index (χ2v) is 5.47. The molecule has 3 heteroatoms. The molecule has 0 aliphatic heterocycles. The zero-order valence-corrected chi connectivity index (χ0v) is 11.3. The third kappa shape index (κ3) is 2.37. The molecule has 0 bridgehead atoms. The number of nitrogens with zero attached hydrogens (tertiary/aromatic N) is 1. The summed E-state index contributed by atoms with van der Waals surface area (Å²) >= 11 is 0. The van der Waals surface area contributed by atoms with Crippen molar-refractivity contribution < 1.29 is 4.74 Å². The predicted molar refractivity (Wildman–Crippen MR) is 78.2 cm³/mol. The van der Waals surface area contributed by atoms with E-state index in [1.165, 1.54) is 19.3 Å². The molecule has 1 saturated carbocycles. The van der Waals surface area contributed by atoms with Crippen LogP contribution >= 0.6 is 0 Å². The molecule has 1 fully saturated rings. The molecule has 1 aliphatic rings. The molecule has 1 aliphatic carbocycles. The van der Waals surface area contributed by atoms with Gasteiger partial charge in [0, 0.05) is 17.3 Å². The van der Waals surface area contributed by atoms with Crippen molar-refractivity contribution in [3.05, 3.63) is 30.5 Å². The SMILES string of the molecule is CC1CCCCC1Oc1ccc(N)c2cccnc12. The van der Waals surface area contributed by atoms with Crippen molar-refractivity contribution in [3.63, 3.8) is 0 Å². The summed E-state index contributed by atoms with van der Waals surface area (Å²) in [6.07, 6.45) is 7.07. The van der Waals surface area contributed by atoms with E-state index < -0.39 is 0 Å². The average molecular weight is 256 g/mol. The summed E-state index contributed by atoms with van der Waals surface area (Å²) in [7, 11) is 0. The Balaban J connectivity index is 1.94. The zero-order chi connectivity index (χ0) is 13.2. The Labute approximate surface area is 113 Å². The van der Waals surface area contributed by atoms with Crippen molar-refractivity contribution in [2.24, 2.45) is 5.92 Å². The van der Waals surface area contributed by atoms with Gasteiger partial charge in [-0.3, -0.25) is 4.98 Å². The van der Waals surface area contributed by atoms with E-state index in [0.29, 0.717) is 12.0 Å². The summed E-state index contributed by atoms with van der Waals surface area (Å²) < 4.78 is 6.22.